The number of imide groups is 1. The van der Waals surface area contributed by atoms with E-state index in [0.717, 1.165) is 17.1 Å². The van der Waals surface area contributed by atoms with Gasteiger partial charge in [-0.05, 0) is 54.7 Å². The highest BCUT2D eigenvalue weighted by Crippen LogP contribution is 2.52. The number of allylic oxidation sites excluding steroid dienone is 2. The van der Waals surface area contributed by atoms with Crippen LogP contribution in [0.15, 0.2) is 59.7 Å². The third-order valence-corrected chi connectivity index (χ3v) is 7.01. The average molecular weight is 493 g/mol. The number of hydrogen-bond donors (Lipinski definition) is 1. The molecular formula is C26H25ClN4O4. The first-order chi connectivity index (χ1) is 16.8. The first-order valence-corrected chi connectivity index (χ1v) is 11.8. The Bertz CT molecular complexity index is 1210. The zero-order chi connectivity index (χ0) is 24.7. The zero-order valence-electron chi connectivity index (χ0n) is 19.3. The van der Waals surface area contributed by atoms with E-state index in [1.807, 2.05) is 37.2 Å². The zero-order valence-corrected chi connectivity index (χ0v) is 20.1. The van der Waals surface area contributed by atoms with Crippen molar-refractivity contribution in [3.8, 4) is 5.75 Å². The van der Waals surface area contributed by atoms with Gasteiger partial charge in [-0.2, -0.15) is 10.1 Å². The fourth-order valence-corrected chi connectivity index (χ4v) is 5.15. The molecule has 8 nitrogen and oxygen atoms in total. The minimum atomic E-state index is -0.342. The molecule has 3 aliphatic rings. The van der Waals surface area contributed by atoms with E-state index >= 15 is 0 Å². The molecule has 2 bridgehead atoms. The molecule has 2 fully saturated rings. The van der Waals surface area contributed by atoms with Crippen LogP contribution < -0.4 is 15.0 Å². The number of anilines is 2. The summed E-state index contributed by atoms with van der Waals surface area (Å²) in [6, 6.07) is 12.2. The molecule has 4 atom stereocenters. The minimum absolute atomic E-state index is 0.124. The third kappa shape index (κ3) is 4.41. The van der Waals surface area contributed by atoms with Crippen molar-refractivity contribution >= 4 is 46.9 Å². The molecule has 2 aliphatic carbocycles. The van der Waals surface area contributed by atoms with Gasteiger partial charge in [0.2, 0.25) is 0 Å². The molecule has 3 amide bonds. The van der Waals surface area contributed by atoms with Crippen LogP contribution in [0.25, 0.3) is 0 Å². The number of hydrazone groups is 1. The van der Waals surface area contributed by atoms with Crippen LogP contribution in [0.1, 0.15) is 12.0 Å². The average Bonchev–Trinajstić information content (AvgIpc) is 3.52. The largest absolute Gasteiger partial charge is 0.483 e. The highest BCUT2D eigenvalue weighted by molar-refractivity contribution is 6.30. The number of benzene rings is 2. The van der Waals surface area contributed by atoms with Crippen molar-refractivity contribution in [2.24, 2.45) is 28.8 Å². The van der Waals surface area contributed by atoms with Gasteiger partial charge in [-0.3, -0.25) is 14.4 Å². The monoisotopic (exact) mass is 492 g/mol. The van der Waals surface area contributed by atoms with Crippen molar-refractivity contribution < 1.29 is 19.1 Å². The molecule has 9 heteroatoms. The Kier molecular flexibility index (Phi) is 6.06. The van der Waals surface area contributed by atoms with E-state index in [1.165, 1.54) is 6.21 Å². The van der Waals surface area contributed by atoms with Gasteiger partial charge in [0, 0.05) is 42.1 Å². The van der Waals surface area contributed by atoms with E-state index in [9.17, 15) is 14.4 Å². The van der Waals surface area contributed by atoms with Crippen molar-refractivity contribution in [2.75, 3.05) is 30.9 Å². The first kappa shape index (κ1) is 23.1. The maximum atomic E-state index is 12.9. The van der Waals surface area contributed by atoms with Crippen molar-refractivity contribution in [3.63, 3.8) is 0 Å². The number of amides is 3. The highest BCUT2D eigenvalue weighted by Gasteiger charge is 2.59. The molecule has 0 unspecified atom stereocenters. The summed E-state index contributed by atoms with van der Waals surface area (Å²) in [5.41, 5.74) is 2.02. The molecule has 2 aromatic carbocycles. The number of halogens is 1. The molecule has 0 aromatic heterocycles. The number of nitrogens with one attached hydrogen (secondary N) is 1. The lowest BCUT2D eigenvalue weighted by atomic mass is 9.85. The molecule has 5 rings (SSSR count). The molecule has 1 aliphatic heterocycles. The number of ether oxygens (including phenoxy) is 1. The quantitative estimate of drug-likeness (QED) is 0.362. The van der Waals surface area contributed by atoms with Crippen LogP contribution in [-0.4, -0.2) is 49.6 Å². The van der Waals surface area contributed by atoms with Crippen LogP contribution in [-0.2, 0) is 14.4 Å². The van der Waals surface area contributed by atoms with Gasteiger partial charge < -0.3 is 15.0 Å². The molecular weight excluding hydrogens is 468 g/mol. The molecule has 2 aromatic rings. The lowest BCUT2D eigenvalue weighted by Gasteiger charge is -2.16. The van der Waals surface area contributed by atoms with Crippen LogP contribution in [0.2, 0.25) is 5.02 Å². The lowest BCUT2D eigenvalue weighted by molar-refractivity contribution is -0.140. The second-order valence-corrected chi connectivity index (χ2v) is 9.63. The second kappa shape index (κ2) is 9.19. The first-order valence-electron chi connectivity index (χ1n) is 11.4. The maximum Gasteiger partial charge on any atom is 0.262 e. The summed E-state index contributed by atoms with van der Waals surface area (Å²) in [6.45, 7) is -0.235. The van der Waals surface area contributed by atoms with Gasteiger partial charge in [0.25, 0.3) is 17.7 Å². The van der Waals surface area contributed by atoms with Gasteiger partial charge in [0.1, 0.15) is 5.75 Å². The van der Waals surface area contributed by atoms with Crippen LogP contribution in [0.3, 0.4) is 0 Å². The van der Waals surface area contributed by atoms with E-state index in [0.29, 0.717) is 22.0 Å². The molecule has 180 valence electrons. The van der Waals surface area contributed by atoms with Gasteiger partial charge in [-0.25, -0.2) is 0 Å². The Balaban J connectivity index is 1.31. The summed E-state index contributed by atoms with van der Waals surface area (Å²) in [5.74, 6) is -0.793. The number of carbonyl (C=O) groups excluding carboxylic acids is 3. The van der Waals surface area contributed by atoms with E-state index in [4.69, 9.17) is 16.3 Å². The predicted molar refractivity (Wildman–Crippen MR) is 134 cm³/mol. The number of carbonyl (C=O) groups is 3. The number of fused-ring (bicyclic) bond motifs is 5. The van der Waals surface area contributed by atoms with Crippen LogP contribution in [0.4, 0.5) is 11.4 Å². The fraction of sp³-hybridized carbons (Fsp3) is 0.308. The molecule has 1 heterocycles. The molecule has 1 saturated heterocycles. The molecule has 35 heavy (non-hydrogen) atoms. The van der Waals surface area contributed by atoms with Crippen LogP contribution in [0.5, 0.6) is 5.75 Å². The van der Waals surface area contributed by atoms with E-state index < -0.39 is 0 Å². The molecule has 0 spiro atoms. The van der Waals surface area contributed by atoms with E-state index in [1.54, 1.807) is 36.4 Å². The third-order valence-electron chi connectivity index (χ3n) is 6.76. The standard InChI is InChI=1S/C26H25ClN4O4/c1-30(2)20-10-5-17(21(12-20)35-14-22(32)29-19-8-6-18(27)7-9-19)13-28-31-25(33)23-15-3-4-16(11-15)24(23)26(31)34/h3-10,12-13,15-16,23-24H,11,14H2,1-2H3,(H,29,32)/t15-,16-,23-,24+/m0/s1. The minimum Gasteiger partial charge on any atom is -0.483 e. The second-order valence-electron chi connectivity index (χ2n) is 9.19. The number of nitrogens with zero attached hydrogens (tertiary/aromatic N) is 3. The number of hydrogen-bond acceptors (Lipinski definition) is 6. The van der Waals surface area contributed by atoms with Crippen LogP contribution in [0, 0.1) is 23.7 Å². The topological polar surface area (TPSA) is 91.3 Å². The van der Waals surface area contributed by atoms with E-state index in [2.05, 4.69) is 10.4 Å². The SMILES string of the molecule is CN(C)c1ccc(C=NN2C(=O)[C@@H]3[C@H](C2=O)[C@H]2C=C[C@H]3C2)c(OCC(=O)Nc2ccc(Cl)cc2)c1. The Morgan fingerprint density at radius 1 is 1.11 bits per heavy atom. The Hall–Kier alpha value is -3.65. The maximum absolute atomic E-state index is 12.9. The Morgan fingerprint density at radius 3 is 2.40 bits per heavy atom. The Morgan fingerprint density at radius 2 is 1.77 bits per heavy atom. The van der Waals surface area contributed by atoms with Gasteiger partial charge in [0.15, 0.2) is 6.61 Å². The van der Waals surface area contributed by atoms with Gasteiger partial charge in [-0.15, -0.1) is 0 Å². The summed E-state index contributed by atoms with van der Waals surface area (Å²) in [6.07, 6.45) is 6.40. The smallest absolute Gasteiger partial charge is 0.262 e. The van der Waals surface area contributed by atoms with Crippen molar-refractivity contribution in [3.05, 3.63) is 65.2 Å². The molecule has 0 radical (unpaired) electrons. The normalized spacial score (nSPS) is 24.4. The molecule has 1 saturated carbocycles. The summed E-state index contributed by atoms with van der Waals surface area (Å²) in [5, 5.41) is 8.57. The summed E-state index contributed by atoms with van der Waals surface area (Å²) < 4.78 is 5.82. The Labute approximate surface area is 208 Å². The van der Waals surface area contributed by atoms with Crippen molar-refractivity contribution in [2.45, 2.75) is 6.42 Å². The van der Waals surface area contributed by atoms with Crippen LogP contribution >= 0.6 is 11.6 Å². The van der Waals surface area contributed by atoms with E-state index in [-0.39, 0.29) is 48.0 Å². The van der Waals surface area contributed by atoms with Crippen molar-refractivity contribution in [1.29, 1.82) is 0 Å². The van der Waals surface area contributed by atoms with Gasteiger partial charge >= 0.3 is 0 Å². The number of rotatable bonds is 7. The summed E-state index contributed by atoms with van der Waals surface area (Å²) >= 11 is 5.88. The van der Waals surface area contributed by atoms with Gasteiger partial charge in [-0.1, -0.05) is 23.8 Å². The van der Waals surface area contributed by atoms with Gasteiger partial charge in [0.05, 0.1) is 18.1 Å². The highest BCUT2D eigenvalue weighted by atomic mass is 35.5. The molecule has 1 N–H and O–H groups in total. The summed E-state index contributed by atoms with van der Waals surface area (Å²) in [7, 11) is 3.78. The lowest BCUT2D eigenvalue weighted by Crippen LogP contribution is -2.28. The van der Waals surface area contributed by atoms with Crippen molar-refractivity contribution in [1.82, 2.24) is 5.01 Å². The summed E-state index contributed by atoms with van der Waals surface area (Å²) in [4.78, 5) is 40.1. The fourth-order valence-electron chi connectivity index (χ4n) is 5.03. The predicted octanol–water partition coefficient (Wildman–Crippen LogP) is 3.56.